The van der Waals surface area contributed by atoms with Gasteiger partial charge in [0, 0.05) is 33.8 Å². The molecule has 1 unspecified atom stereocenters. The summed E-state index contributed by atoms with van der Waals surface area (Å²) >= 11 is 6.20. The number of nitrogens with zero attached hydrogens (tertiary/aromatic N) is 3. The summed E-state index contributed by atoms with van der Waals surface area (Å²) in [7, 11) is 0. The summed E-state index contributed by atoms with van der Waals surface area (Å²) in [5.74, 6) is 2.05. The average Bonchev–Trinajstić information content (AvgIpc) is 3.16. The molecule has 6 nitrogen and oxygen atoms in total. The SMILES string of the molecule is CCOc1ccccc1C1C2=C(CC(C)(C)CC2=O)Nc2nc(-c3cccc(Cl)c3)nn21. The van der Waals surface area contributed by atoms with Crippen molar-refractivity contribution in [3.05, 3.63) is 70.4 Å². The van der Waals surface area contributed by atoms with E-state index in [1.807, 2.05) is 60.1 Å². The minimum absolute atomic E-state index is 0.120. The summed E-state index contributed by atoms with van der Waals surface area (Å²) in [5.41, 5.74) is 3.26. The second kappa shape index (κ2) is 7.78. The number of anilines is 1. The molecule has 1 aliphatic carbocycles. The first kappa shape index (κ1) is 20.8. The molecule has 164 valence electrons. The number of para-hydroxylation sites is 1. The van der Waals surface area contributed by atoms with Gasteiger partial charge in [0.15, 0.2) is 11.6 Å². The second-order valence-corrected chi connectivity index (χ2v) is 9.48. The zero-order valence-corrected chi connectivity index (χ0v) is 19.1. The molecule has 1 aliphatic heterocycles. The van der Waals surface area contributed by atoms with Crippen molar-refractivity contribution >= 4 is 23.3 Å². The number of ketones is 1. The van der Waals surface area contributed by atoms with Gasteiger partial charge in [-0.3, -0.25) is 4.79 Å². The van der Waals surface area contributed by atoms with Crippen LogP contribution in [0.25, 0.3) is 11.4 Å². The molecule has 32 heavy (non-hydrogen) atoms. The number of hydrogen-bond donors (Lipinski definition) is 1. The third-order valence-electron chi connectivity index (χ3n) is 5.93. The van der Waals surface area contributed by atoms with Crippen LogP contribution in [-0.2, 0) is 4.79 Å². The minimum atomic E-state index is -0.409. The fourth-order valence-corrected chi connectivity index (χ4v) is 4.83. The summed E-state index contributed by atoms with van der Waals surface area (Å²) in [4.78, 5) is 18.2. The van der Waals surface area contributed by atoms with Crippen molar-refractivity contribution in [2.75, 3.05) is 11.9 Å². The Morgan fingerprint density at radius 1 is 1.19 bits per heavy atom. The number of carbonyl (C=O) groups is 1. The number of rotatable bonds is 4. The minimum Gasteiger partial charge on any atom is -0.494 e. The summed E-state index contributed by atoms with van der Waals surface area (Å²) in [5, 5.41) is 8.86. The maximum absolute atomic E-state index is 13.4. The summed E-state index contributed by atoms with van der Waals surface area (Å²) in [6.07, 6.45) is 1.26. The Hall–Kier alpha value is -3.12. The van der Waals surface area contributed by atoms with Crippen LogP contribution >= 0.6 is 11.6 Å². The lowest BCUT2D eigenvalue weighted by Gasteiger charge is -2.38. The Morgan fingerprint density at radius 3 is 2.78 bits per heavy atom. The van der Waals surface area contributed by atoms with Crippen molar-refractivity contribution in [2.45, 2.75) is 39.7 Å². The van der Waals surface area contributed by atoms with E-state index in [0.29, 0.717) is 29.8 Å². The van der Waals surface area contributed by atoms with Crippen LogP contribution in [0.5, 0.6) is 5.75 Å². The number of nitrogens with one attached hydrogen (secondary N) is 1. The molecule has 2 aromatic carbocycles. The van der Waals surface area contributed by atoms with Crippen LogP contribution in [0.15, 0.2) is 59.8 Å². The summed E-state index contributed by atoms with van der Waals surface area (Å²) in [6, 6.07) is 14.9. The highest BCUT2D eigenvalue weighted by atomic mass is 35.5. The van der Waals surface area contributed by atoms with E-state index in [9.17, 15) is 4.79 Å². The zero-order chi connectivity index (χ0) is 22.5. The van der Waals surface area contributed by atoms with E-state index in [-0.39, 0.29) is 11.2 Å². The predicted octanol–water partition coefficient (Wildman–Crippen LogP) is 5.66. The number of hydrogen-bond acceptors (Lipinski definition) is 5. The number of allylic oxidation sites excluding steroid dienone is 2. The Bertz CT molecular complexity index is 1240. The van der Waals surface area contributed by atoms with E-state index < -0.39 is 6.04 Å². The molecule has 3 aromatic rings. The Kier molecular flexibility index (Phi) is 5.05. The van der Waals surface area contributed by atoms with E-state index in [4.69, 9.17) is 26.4 Å². The van der Waals surface area contributed by atoms with Gasteiger partial charge in [-0.15, -0.1) is 5.10 Å². The van der Waals surface area contributed by atoms with E-state index in [1.54, 1.807) is 0 Å². The molecule has 1 N–H and O–H groups in total. The lowest BCUT2D eigenvalue weighted by Crippen LogP contribution is -2.36. The highest BCUT2D eigenvalue weighted by molar-refractivity contribution is 6.30. The molecule has 0 radical (unpaired) electrons. The van der Waals surface area contributed by atoms with Gasteiger partial charge >= 0.3 is 0 Å². The number of Topliss-reactive ketones (excluding diaryl/α,β-unsaturated/α-hetero) is 1. The largest absolute Gasteiger partial charge is 0.494 e. The molecule has 0 saturated carbocycles. The first-order valence-corrected chi connectivity index (χ1v) is 11.2. The van der Waals surface area contributed by atoms with Crippen LogP contribution in [0.1, 0.15) is 45.2 Å². The van der Waals surface area contributed by atoms with Gasteiger partial charge < -0.3 is 10.1 Å². The number of benzene rings is 2. The molecule has 0 saturated heterocycles. The highest BCUT2D eigenvalue weighted by Gasteiger charge is 2.42. The fraction of sp³-hybridized carbons (Fsp3) is 0.320. The van der Waals surface area contributed by atoms with Crippen LogP contribution in [0.3, 0.4) is 0 Å². The quantitative estimate of drug-likeness (QED) is 0.558. The van der Waals surface area contributed by atoms with E-state index >= 15 is 0 Å². The topological polar surface area (TPSA) is 69.0 Å². The van der Waals surface area contributed by atoms with Crippen molar-refractivity contribution in [3.63, 3.8) is 0 Å². The Balaban J connectivity index is 1.71. The maximum Gasteiger partial charge on any atom is 0.226 e. The standard InChI is InChI=1S/C25H25ClN4O2/c1-4-32-20-11-6-5-10-17(20)22-21-18(13-25(2,3)14-19(21)31)27-24-28-23(29-30(22)24)15-8-7-9-16(26)12-15/h5-12,22H,4,13-14H2,1-3H3,(H,27,28,29). The van der Waals surface area contributed by atoms with Gasteiger partial charge in [0.1, 0.15) is 11.8 Å². The monoisotopic (exact) mass is 448 g/mol. The van der Waals surface area contributed by atoms with Crippen LogP contribution in [0.4, 0.5) is 5.95 Å². The third kappa shape index (κ3) is 3.58. The van der Waals surface area contributed by atoms with Gasteiger partial charge in [0.05, 0.1) is 6.61 Å². The third-order valence-corrected chi connectivity index (χ3v) is 6.16. The number of aromatic nitrogens is 3. The lowest BCUT2D eigenvalue weighted by molar-refractivity contribution is -0.118. The van der Waals surface area contributed by atoms with E-state index in [0.717, 1.165) is 34.6 Å². The fourth-order valence-electron chi connectivity index (χ4n) is 4.64. The molecule has 7 heteroatoms. The van der Waals surface area contributed by atoms with Crippen molar-refractivity contribution in [3.8, 4) is 17.1 Å². The van der Waals surface area contributed by atoms with Crippen LogP contribution < -0.4 is 10.1 Å². The molecule has 1 aromatic heterocycles. The Labute approximate surface area is 192 Å². The van der Waals surface area contributed by atoms with Crippen LogP contribution in [0.2, 0.25) is 5.02 Å². The predicted molar refractivity (Wildman–Crippen MR) is 125 cm³/mol. The normalized spacial score (nSPS) is 19.2. The molecule has 1 atom stereocenters. The van der Waals surface area contributed by atoms with Gasteiger partial charge in [0.2, 0.25) is 5.95 Å². The molecule has 0 amide bonds. The first-order valence-electron chi connectivity index (χ1n) is 10.8. The molecule has 2 heterocycles. The van der Waals surface area contributed by atoms with Crippen molar-refractivity contribution in [1.29, 1.82) is 0 Å². The first-order chi connectivity index (χ1) is 15.4. The molecule has 2 aliphatic rings. The van der Waals surface area contributed by atoms with Gasteiger partial charge in [-0.2, -0.15) is 4.98 Å². The number of halogens is 1. The van der Waals surface area contributed by atoms with Gasteiger partial charge in [0.25, 0.3) is 0 Å². The smallest absolute Gasteiger partial charge is 0.226 e. The Morgan fingerprint density at radius 2 is 2.00 bits per heavy atom. The molecule has 0 spiro atoms. The van der Waals surface area contributed by atoms with E-state index in [1.165, 1.54) is 0 Å². The molecular formula is C25H25ClN4O2. The molecule has 0 fully saturated rings. The molecular weight excluding hydrogens is 424 g/mol. The zero-order valence-electron chi connectivity index (χ0n) is 18.4. The number of carbonyl (C=O) groups excluding carboxylic acids is 1. The van der Waals surface area contributed by atoms with Gasteiger partial charge in [-0.1, -0.05) is 55.8 Å². The average molecular weight is 449 g/mol. The lowest BCUT2D eigenvalue weighted by atomic mass is 9.73. The van der Waals surface area contributed by atoms with Crippen molar-refractivity contribution < 1.29 is 9.53 Å². The van der Waals surface area contributed by atoms with E-state index in [2.05, 4.69) is 19.2 Å². The number of ether oxygens (including phenoxy) is 1. The van der Waals surface area contributed by atoms with Crippen molar-refractivity contribution in [2.24, 2.45) is 5.41 Å². The van der Waals surface area contributed by atoms with Gasteiger partial charge in [-0.25, -0.2) is 4.68 Å². The molecule has 0 bridgehead atoms. The summed E-state index contributed by atoms with van der Waals surface area (Å²) in [6.45, 7) is 6.73. The van der Waals surface area contributed by atoms with Crippen molar-refractivity contribution in [1.82, 2.24) is 14.8 Å². The number of fused-ring (bicyclic) bond motifs is 1. The second-order valence-electron chi connectivity index (χ2n) is 9.05. The molecule has 5 rings (SSSR count). The van der Waals surface area contributed by atoms with Crippen LogP contribution in [0, 0.1) is 5.41 Å². The summed E-state index contributed by atoms with van der Waals surface area (Å²) < 4.78 is 7.74. The maximum atomic E-state index is 13.4. The highest BCUT2D eigenvalue weighted by Crippen LogP contribution is 2.47. The van der Waals surface area contributed by atoms with Gasteiger partial charge in [-0.05, 0) is 37.0 Å². The van der Waals surface area contributed by atoms with Crippen LogP contribution in [-0.4, -0.2) is 27.2 Å².